The van der Waals surface area contributed by atoms with Crippen molar-refractivity contribution in [2.24, 2.45) is 17.5 Å². The normalized spacial score (nSPS) is 25.0. The van der Waals surface area contributed by atoms with Crippen molar-refractivity contribution in [1.29, 1.82) is 0 Å². The van der Waals surface area contributed by atoms with Crippen LogP contribution in [0, 0.1) is 5.41 Å². The third kappa shape index (κ3) is 3.35. The Bertz CT molecular complexity index is 619. The second-order valence-electron chi connectivity index (χ2n) is 6.55. The highest BCUT2D eigenvalue weighted by Gasteiger charge is 2.42. The van der Waals surface area contributed by atoms with Gasteiger partial charge in [0.2, 0.25) is 0 Å². The number of nitrogens with one attached hydrogen (secondary N) is 1. The first kappa shape index (κ1) is 17.1. The summed E-state index contributed by atoms with van der Waals surface area (Å²) in [5.74, 6) is 0.621. The summed E-state index contributed by atoms with van der Waals surface area (Å²) in [6.07, 6.45) is -1.02. The van der Waals surface area contributed by atoms with Crippen LogP contribution in [0.15, 0.2) is 11.2 Å². The highest BCUT2D eigenvalue weighted by Crippen LogP contribution is 2.38. The topological polar surface area (TPSA) is 54.7 Å². The van der Waals surface area contributed by atoms with E-state index in [9.17, 15) is 13.2 Å². The molecule has 1 N–H and O–H groups in total. The molecule has 2 saturated heterocycles. The van der Waals surface area contributed by atoms with Gasteiger partial charge in [0, 0.05) is 57.5 Å². The minimum Gasteiger partial charge on any atom is -0.381 e. The van der Waals surface area contributed by atoms with Crippen molar-refractivity contribution in [2.45, 2.75) is 25.6 Å². The van der Waals surface area contributed by atoms with E-state index in [1.807, 2.05) is 0 Å². The largest absolute Gasteiger partial charge is 0.435 e. The van der Waals surface area contributed by atoms with Gasteiger partial charge in [0.15, 0.2) is 11.7 Å². The maximum atomic E-state index is 13.0. The lowest BCUT2D eigenvalue weighted by Crippen LogP contribution is -2.41. The Morgan fingerprint density at radius 3 is 2.88 bits per heavy atom. The highest BCUT2D eigenvalue weighted by atomic mass is 19.4. The van der Waals surface area contributed by atoms with E-state index < -0.39 is 11.9 Å². The molecular weight excluding hydrogens is 323 g/mol. The summed E-state index contributed by atoms with van der Waals surface area (Å²) in [6.45, 7) is 3.23. The zero-order valence-corrected chi connectivity index (χ0v) is 13.9. The van der Waals surface area contributed by atoms with Crippen LogP contribution in [0.4, 0.5) is 13.2 Å². The molecule has 0 radical (unpaired) electrons. The van der Waals surface area contributed by atoms with Gasteiger partial charge in [0.05, 0.1) is 6.61 Å². The molecule has 134 valence electrons. The second-order valence-corrected chi connectivity index (χ2v) is 6.55. The molecule has 0 amide bonds. The minimum atomic E-state index is -4.46. The maximum absolute atomic E-state index is 13.0. The summed E-state index contributed by atoms with van der Waals surface area (Å²) >= 11 is 0. The number of likely N-dealkylation sites (tertiary alicyclic amines) is 1. The van der Waals surface area contributed by atoms with Gasteiger partial charge in [-0.25, -0.2) is 0 Å². The summed E-state index contributed by atoms with van der Waals surface area (Å²) in [5, 5.41) is 6.56. The molecule has 24 heavy (non-hydrogen) atoms. The van der Waals surface area contributed by atoms with Crippen LogP contribution in [0.2, 0.25) is 0 Å². The molecule has 6 nitrogen and oxygen atoms in total. The third-order valence-corrected chi connectivity index (χ3v) is 4.74. The predicted octanol–water partition coefficient (Wildman–Crippen LogP) is 1.63. The van der Waals surface area contributed by atoms with Gasteiger partial charge < -0.3 is 15.0 Å². The Morgan fingerprint density at radius 2 is 2.25 bits per heavy atom. The van der Waals surface area contributed by atoms with Crippen LogP contribution in [0.5, 0.6) is 0 Å². The Hall–Kier alpha value is -1.77. The molecule has 3 rings (SSSR count). The van der Waals surface area contributed by atoms with Gasteiger partial charge in [0.25, 0.3) is 0 Å². The molecule has 1 spiro atoms. The van der Waals surface area contributed by atoms with Crippen LogP contribution in [0.1, 0.15) is 24.1 Å². The number of aryl methyl sites for hydroxylation is 1. The molecule has 0 saturated carbocycles. The first-order valence-corrected chi connectivity index (χ1v) is 7.96. The van der Waals surface area contributed by atoms with Crippen molar-refractivity contribution >= 4 is 5.96 Å². The number of ether oxygens (including phenoxy) is 1. The van der Waals surface area contributed by atoms with Crippen molar-refractivity contribution < 1.29 is 17.9 Å². The molecule has 2 aliphatic heterocycles. The van der Waals surface area contributed by atoms with Crippen LogP contribution >= 0.6 is 0 Å². The monoisotopic (exact) mass is 345 g/mol. The van der Waals surface area contributed by atoms with Crippen LogP contribution in [-0.4, -0.2) is 54.0 Å². The van der Waals surface area contributed by atoms with E-state index in [1.165, 1.54) is 17.9 Å². The molecule has 0 aromatic carbocycles. The fraction of sp³-hybridized carbons (Fsp3) is 0.733. The van der Waals surface area contributed by atoms with Crippen LogP contribution < -0.4 is 5.32 Å². The zero-order chi connectivity index (χ0) is 17.4. The smallest absolute Gasteiger partial charge is 0.381 e. The quantitative estimate of drug-likeness (QED) is 0.654. The molecule has 1 aromatic heterocycles. The average molecular weight is 345 g/mol. The number of guanidine groups is 1. The number of rotatable bonds is 2. The van der Waals surface area contributed by atoms with Crippen molar-refractivity contribution in [2.75, 3.05) is 33.4 Å². The third-order valence-electron chi connectivity index (χ3n) is 4.74. The van der Waals surface area contributed by atoms with Gasteiger partial charge in [-0.1, -0.05) is 0 Å². The molecule has 1 unspecified atom stereocenters. The van der Waals surface area contributed by atoms with E-state index in [0.29, 0.717) is 5.96 Å². The number of aliphatic imine (C=N–C) groups is 1. The van der Waals surface area contributed by atoms with E-state index in [0.717, 1.165) is 39.1 Å². The van der Waals surface area contributed by atoms with Crippen molar-refractivity contribution in [3.8, 4) is 0 Å². The number of hydrogen-bond acceptors (Lipinski definition) is 3. The maximum Gasteiger partial charge on any atom is 0.435 e. The number of hydrogen-bond donors (Lipinski definition) is 1. The molecule has 0 bridgehead atoms. The lowest BCUT2D eigenvalue weighted by molar-refractivity contribution is -0.142. The lowest BCUT2D eigenvalue weighted by Gasteiger charge is -2.25. The molecule has 2 fully saturated rings. The van der Waals surface area contributed by atoms with Gasteiger partial charge in [0.1, 0.15) is 0 Å². The second kappa shape index (κ2) is 6.27. The molecule has 0 aliphatic carbocycles. The molecule has 9 heteroatoms. The summed E-state index contributed by atoms with van der Waals surface area (Å²) < 4.78 is 45.7. The van der Waals surface area contributed by atoms with E-state index in [-0.39, 0.29) is 17.5 Å². The van der Waals surface area contributed by atoms with Crippen LogP contribution in [-0.2, 0) is 24.5 Å². The molecule has 2 aliphatic rings. The van der Waals surface area contributed by atoms with Gasteiger partial charge in [-0.2, -0.15) is 18.3 Å². The highest BCUT2D eigenvalue weighted by molar-refractivity contribution is 5.80. The van der Waals surface area contributed by atoms with E-state index in [2.05, 4.69) is 20.3 Å². The van der Waals surface area contributed by atoms with Gasteiger partial charge in [-0.15, -0.1) is 0 Å². The minimum absolute atomic E-state index is 0.0371. The van der Waals surface area contributed by atoms with E-state index >= 15 is 0 Å². The van der Waals surface area contributed by atoms with Gasteiger partial charge in [-0.05, 0) is 12.8 Å². The summed E-state index contributed by atoms with van der Waals surface area (Å²) in [7, 11) is 3.13. The van der Waals surface area contributed by atoms with Gasteiger partial charge >= 0.3 is 6.18 Å². The summed E-state index contributed by atoms with van der Waals surface area (Å²) in [5.41, 5.74) is -0.567. The standard InChI is InChI=1S/C15H22F3N5O/c1-19-13(23-5-3-14(9-23)4-6-24-10-14)20-7-11-8-22(2)21-12(11)15(16,17)18/h8H,3-7,9-10H2,1-2H3,(H,19,20). The first-order valence-electron chi connectivity index (χ1n) is 7.96. The number of halogens is 3. The van der Waals surface area contributed by atoms with Gasteiger partial charge in [-0.3, -0.25) is 9.67 Å². The van der Waals surface area contributed by atoms with E-state index in [1.54, 1.807) is 7.05 Å². The molecule has 1 aromatic rings. The molecular formula is C15H22F3N5O. The zero-order valence-electron chi connectivity index (χ0n) is 13.9. The van der Waals surface area contributed by atoms with Crippen molar-refractivity contribution in [3.63, 3.8) is 0 Å². The lowest BCUT2D eigenvalue weighted by atomic mass is 9.87. The number of aromatic nitrogens is 2. The van der Waals surface area contributed by atoms with Crippen molar-refractivity contribution in [1.82, 2.24) is 20.0 Å². The molecule has 1 atom stereocenters. The SMILES string of the molecule is CN=C(NCc1cn(C)nc1C(F)(F)F)N1CCC2(CCOC2)C1. The fourth-order valence-corrected chi connectivity index (χ4v) is 3.50. The number of nitrogens with zero attached hydrogens (tertiary/aromatic N) is 4. The van der Waals surface area contributed by atoms with Crippen LogP contribution in [0.3, 0.4) is 0 Å². The fourth-order valence-electron chi connectivity index (χ4n) is 3.50. The first-order chi connectivity index (χ1) is 11.3. The van der Waals surface area contributed by atoms with Crippen molar-refractivity contribution in [3.05, 3.63) is 17.5 Å². The molecule has 3 heterocycles. The Labute approximate surface area is 138 Å². The Kier molecular flexibility index (Phi) is 4.46. The number of alkyl halides is 3. The summed E-state index contributed by atoms with van der Waals surface area (Å²) in [4.78, 5) is 6.32. The van der Waals surface area contributed by atoms with Crippen LogP contribution in [0.25, 0.3) is 0 Å². The average Bonchev–Trinajstić information content (AvgIpc) is 3.22. The Balaban J connectivity index is 1.65. The predicted molar refractivity (Wildman–Crippen MR) is 82.5 cm³/mol. The Morgan fingerprint density at radius 1 is 1.46 bits per heavy atom. The van der Waals surface area contributed by atoms with E-state index in [4.69, 9.17) is 4.74 Å². The summed E-state index contributed by atoms with van der Waals surface area (Å²) in [6, 6.07) is 0.